The molecule has 2 N–H and O–H groups in total. The molecule has 1 atom stereocenters. The maximum atomic E-state index is 12.3. The Labute approximate surface area is 131 Å². The quantitative estimate of drug-likeness (QED) is 0.512. The lowest BCUT2D eigenvalue weighted by atomic mass is 10.1. The maximum Gasteiger partial charge on any atom is 0.322 e. The van der Waals surface area contributed by atoms with Gasteiger partial charge in [0.05, 0.1) is 11.1 Å². The van der Waals surface area contributed by atoms with Crippen LogP contribution in [0.3, 0.4) is 0 Å². The highest BCUT2D eigenvalue weighted by Gasteiger charge is 2.42. The summed E-state index contributed by atoms with van der Waals surface area (Å²) in [5.74, 6) is -2.75. The highest BCUT2D eigenvalue weighted by atomic mass is 32.1. The molecule has 0 saturated carbocycles. The third kappa shape index (κ3) is 2.96. The van der Waals surface area contributed by atoms with Crippen molar-refractivity contribution in [1.29, 1.82) is 0 Å². The van der Waals surface area contributed by atoms with E-state index in [4.69, 9.17) is 5.11 Å². The van der Waals surface area contributed by atoms with E-state index in [2.05, 4.69) is 17.9 Å². The first kappa shape index (κ1) is 16.0. The molecule has 8 heteroatoms. The van der Waals surface area contributed by atoms with E-state index < -0.39 is 36.3 Å². The summed E-state index contributed by atoms with van der Waals surface area (Å²) in [6.07, 6.45) is 0.139. The van der Waals surface area contributed by atoms with Crippen LogP contribution in [0.5, 0.6) is 0 Å². The van der Waals surface area contributed by atoms with Gasteiger partial charge >= 0.3 is 5.97 Å². The van der Waals surface area contributed by atoms with E-state index in [1.165, 1.54) is 12.1 Å². The lowest BCUT2D eigenvalue weighted by Gasteiger charge is -2.24. The molecule has 1 aliphatic heterocycles. The average molecular weight is 322 g/mol. The van der Waals surface area contributed by atoms with Crippen molar-refractivity contribution in [1.82, 2.24) is 10.2 Å². The highest BCUT2D eigenvalue weighted by Crippen LogP contribution is 2.25. The predicted molar refractivity (Wildman–Crippen MR) is 79.8 cm³/mol. The highest BCUT2D eigenvalue weighted by molar-refractivity contribution is 7.80. The topological polar surface area (TPSA) is 104 Å². The number of nitrogens with zero attached hydrogens (tertiary/aromatic N) is 1. The number of aliphatic carboxylic acids is 1. The van der Waals surface area contributed by atoms with Gasteiger partial charge in [0.2, 0.25) is 5.91 Å². The molecule has 116 valence electrons. The Kier molecular flexibility index (Phi) is 4.81. The van der Waals surface area contributed by atoms with Crippen LogP contribution in [0.25, 0.3) is 0 Å². The van der Waals surface area contributed by atoms with Crippen LogP contribution < -0.4 is 5.32 Å². The van der Waals surface area contributed by atoms with Crippen LogP contribution in [0.1, 0.15) is 27.1 Å². The number of carboxylic acid groups (broad SMARTS) is 1. The molecule has 7 nitrogen and oxygen atoms in total. The number of benzene rings is 1. The zero-order valence-electron chi connectivity index (χ0n) is 11.5. The number of hydrogen-bond donors (Lipinski definition) is 3. The molecule has 1 aromatic carbocycles. The molecule has 3 amide bonds. The molecule has 0 radical (unpaired) electrons. The summed E-state index contributed by atoms with van der Waals surface area (Å²) in [5, 5.41) is 10.8. The van der Waals surface area contributed by atoms with E-state index in [0.29, 0.717) is 0 Å². The van der Waals surface area contributed by atoms with Crippen molar-refractivity contribution in [2.75, 3.05) is 12.3 Å². The van der Waals surface area contributed by atoms with Gasteiger partial charge < -0.3 is 10.4 Å². The summed E-state index contributed by atoms with van der Waals surface area (Å²) in [4.78, 5) is 48.2. The Balaban J connectivity index is 2.26. The molecule has 0 spiro atoms. The Morgan fingerprint density at radius 1 is 1.18 bits per heavy atom. The fraction of sp³-hybridized carbons (Fsp3) is 0.286. The number of amides is 3. The molecule has 2 rings (SSSR count). The number of carbonyl (C=O) groups excluding carboxylic acids is 3. The van der Waals surface area contributed by atoms with E-state index in [1.54, 1.807) is 12.1 Å². The number of thiol groups is 1. The van der Waals surface area contributed by atoms with E-state index in [1.807, 2.05) is 0 Å². The van der Waals surface area contributed by atoms with Crippen LogP contribution in [-0.4, -0.2) is 52.0 Å². The van der Waals surface area contributed by atoms with Crippen molar-refractivity contribution in [3.8, 4) is 0 Å². The first-order valence-electron chi connectivity index (χ1n) is 6.54. The summed E-state index contributed by atoms with van der Waals surface area (Å²) in [6, 6.07) is 5.21. The molecule has 1 aliphatic rings. The Morgan fingerprint density at radius 2 is 1.73 bits per heavy atom. The summed E-state index contributed by atoms with van der Waals surface area (Å²) in [7, 11) is 0. The van der Waals surface area contributed by atoms with Crippen LogP contribution in [0.15, 0.2) is 24.3 Å². The molecule has 1 heterocycles. The molecular formula is C14H14N2O5S. The predicted octanol–water partition coefficient (Wildman–Crippen LogP) is 0.172. The van der Waals surface area contributed by atoms with E-state index in [0.717, 1.165) is 4.90 Å². The van der Waals surface area contributed by atoms with Gasteiger partial charge in [-0.05, 0) is 24.3 Å². The average Bonchev–Trinajstić information content (AvgIpc) is 2.75. The first-order chi connectivity index (χ1) is 10.5. The second-order valence-electron chi connectivity index (χ2n) is 4.67. The monoisotopic (exact) mass is 322 g/mol. The summed E-state index contributed by atoms with van der Waals surface area (Å²) >= 11 is 4.03. The van der Waals surface area contributed by atoms with Crippen molar-refractivity contribution in [2.24, 2.45) is 0 Å². The zero-order chi connectivity index (χ0) is 16.3. The van der Waals surface area contributed by atoms with Gasteiger partial charge in [-0.15, -0.1) is 0 Å². The summed E-state index contributed by atoms with van der Waals surface area (Å²) in [5.41, 5.74) is 0.477. The Hall–Kier alpha value is -2.35. The van der Waals surface area contributed by atoms with Crippen molar-refractivity contribution in [3.05, 3.63) is 35.4 Å². The van der Waals surface area contributed by atoms with E-state index >= 15 is 0 Å². The number of carboxylic acids is 1. The number of fused-ring (bicyclic) bond motifs is 1. The Morgan fingerprint density at radius 3 is 2.18 bits per heavy atom. The minimum absolute atomic E-state index is 0.139. The molecule has 0 fully saturated rings. The number of nitrogens with one attached hydrogen (secondary N) is 1. The number of rotatable bonds is 6. The van der Waals surface area contributed by atoms with E-state index in [-0.39, 0.29) is 23.3 Å². The van der Waals surface area contributed by atoms with Gasteiger partial charge in [0.1, 0.15) is 12.6 Å². The lowest BCUT2D eigenvalue weighted by Crippen LogP contribution is -2.50. The maximum absolute atomic E-state index is 12.3. The molecule has 0 unspecified atom stereocenters. The van der Waals surface area contributed by atoms with Gasteiger partial charge in [-0.2, -0.15) is 12.6 Å². The second kappa shape index (κ2) is 6.61. The Bertz CT molecular complexity index is 611. The van der Waals surface area contributed by atoms with Crippen LogP contribution in [0, 0.1) is 0 Å². The zero-order valence-corrected chi connectivity index (χ0v) is 12.4. The molecule has 22 heavy (non-hydrogen) atoms. The van der Waals surface area contributed by atoms with Gasteiger partial charge in [-0.25, -0.2) is 0 Å². The normalized spacial score (nSPS) is 14.7. The van der Waals surface area contributed by atoms with Gasteiger partial charge in [-0.3, -0.25) is 24.1 Å². The van der Waals surface area contributed by atoms with Gasteiger partial charge in [0, 0.05) is 0 Å². The van der Waals surface area contributed by atoms with Crippen molar-refractivity contribution >= 4 is 36.3 Å². The van der Waals surface area contributed by atoms with Gasteiger partial charge in [0.25, 0.3) is 11.8 Å². The largest absolute Gasteiger partial charge is 0.480 e. The fourth-order valence-electron chi connectivity index (χ4n) is 2.27. The lowest BCUT2D eigenvalue weighted by molar-refractivity contribution is -0.138. The summed E-state index contributed by atoms with van der Waals surface area (Å²) < 4.78 is 0. The second-order valence-corrected chi connectivity index (χ2v) is 5.11. The molecule has 0 saturated heterocycles. The van der Waals surface area contributed by atoms with Crippen molar-refractivity contribution < 1.29 is 24.3 Å². The van der Waals surface area contributed by atoms with Gasteiger partial charge in [0.15, 0.2) is 0 Å². The first-order valence-corrected chi connectivity index (χ1v) is 7.18. The van der Waals surface area contributed by atoms with Gasteiger partial charge in [-0.1, -0.05) is 12.1 Å². The molecule has 0 aliphatic carbocycles. The smallest absolute Gasteiger partial charge is 0.322 e. The number of hydrogen-bond acceptors (Lipinski definition) is 5. The fourth-order valence-corrected chi connectivity index (χ4v) is 2.52. The van der Waals surface area contributed by atoms with Crippen molar-refractivity contribution in [3.63, 3.8) is 0 Å². The molecule has 0 aromatic heterocycles. The molecule has 0 bridgehead atoms. The SMILES string of the molecule is O=C(O)CNC(=O)[C@H](CCS)N1C(=O)c2ccccc2C1=O. The van der Waals surface area contributed by atoms with Crippen LogP contribution >= 0.6 is 12.6 Å². The third-order valence-electron chi connectivity index (χ3n) is 3.26. The van der Waals surface area contributed by atoms with E-state index in [9.17, 15) is 19.2 Å². The van der Waals surface area contributed by atoms with Crippen molar-refractivity contribution in [2.45, 2.75) is 12.5 Å². The molecule has 1 aromatic rings. The van der Waals surface area contributed by atoms with Crippen LogP contribution in [0.4, 0.5) is 0 Å². The standard InChI is InChI=1S/C14H14N2O5S/c17-11(18)7-15-12(19)10(5-6-22)16-13(20)8-3-1-2-4-9(8)14(16)21/h1-4,10,22H,5-7H2,(H,15,19)(H,17,18)/t10-/m0/s1. The third-order valence-corrected chi connectivity index (χ3v) is 3.51. The minimum Gasteiger partial charge on any atom is -0.480 e. The molecular weight excluding hydrogens is 308 g/mol. The number of imide groups is 1. The summed E-state index contributed by atoms with van der Waals surface area (Å²) in [6.45, 7) is -0.578. The van der Waals surface area contributed by atoms with Crippen LogP contribution in [-0.2, 0) is 9.59 Å². The number of carbonyl (C=O) groups is 4. The minimum atomic E-state index is -1.21. The van der Waals surface area contributed by atoms with Crippen LogP contribution in [0.2, 0.25) is 0 Å².